The summed E-state index contributed by atoms with van der Waals surface area (Å²) in [6.07, 6.45) is 15.0. The molecule has 2 saturated heterocycles. The molecule has 0 aromatic rings. The molecule has 0 aromatic heterocycles. The number of halogens is 1. The molecule has 0 bridgehead atoms. The highest BCUT2D eigenvalue weighted by Gasteiger charge is 2.71. The lowest BCUT2D eigenvalue weighted by atomic mass is 9.75. The highest BCUT2D eigenvalue weighted by atomic mass is 35.5. The molecule has 8 fully saturated rings. The van der Waals surface area contributed by atoms with Crippen LogP contribution >= 0.6 is 12.4 Å². The summed E-state index contributed by atoms with van der Waals surface area (Å²) in [5, 5.41) is 29.5. The van der Waals surface area contributed by atoms with Gasteiger partial charge in [0.1, 0.15) is 29.8 Å². The minimum absolute atomic E-state index is 0. The molecule has 0 radical (unpaired) electrons. The molecule has 8 aliphatic rings. The molecule has 2 amide bonds. The van der Waals surface area contributed by atoms with E-state index in [1.165, 1.54) is 17.7 Å². The monoisotopic (exact) mass is 1430 g/mol. The van der Waals surface area contributed by atoms with Crippen LogP contribution in [0.4, 0.5) is 0 Å². The molecular weight excluding hydrogens is 1310 g/mol. The Labute approximate surface area is 595 Å². The summed E-state index contributed by atoms with van der Waals surface area (Å²) >= 11 is 0. The number of carboxylic acids is 1. The topological polar surface area (TPSA) is 298 Å². The van der Waals surface area contributed by atoms with Gasteiger partial charge in [-0.25, -0.2) is 21.6 Å². The third kappa shape index (κ3) is 20.4. The number of rotatable bonds is 30. The van der Waals surface area contributed by atoms with E-state index >= 15 is 0 Å². The number of carboxylic acid groups (broad SMARTS) is 1. The van der Waals surface area contributed by atoms with Gasteiger partial charge in [0.15, 0.2) is 37.0 Å². The van der Waals surface area contributed by atoms with E-state index in [0.717, 1.165) is 44.9 Å². The van der Waals surface area contributed by atoms with Gasteiger partial charge in [-0.3, -0.25) is 33.6 Å². The molecule has 8 rings (SSSR count). The van der Waals surface area contributed by atoms with Crippen LogP contribution in [0.15, 0.2) is 25.3 Å². The SMILES string of the molecule is C=CCCC(=O)C(O)C(CC(=O)[C@@H]1[C@@H]2[C@H](CN1C(=O)[C@@H](CC(=O)C[C@H]1CCCC[C@H]1S(=O)(=O)C(C)(C)C)C(C)(C)C)C2(C)C)CC1CC1.C=CCCC(=O)C(O)C(N)CC1CC1.CC(C)(C)[C@H](CC(=O)C[C@H]1CCCC[C@H]1S(=O)(=O)C(C)(C)C)C(=O)N1C[C@H]2[C@@H]([C@H]1C(=O)O)C2(C)C.Cl. The van der Waals surface area contributed by atoms with E-state index in [0.29, 0.717) is 76.3 Å². The van der Waals surface area contributed by atoms with Crippen molar-refractivity contribution in [2.24, 2.45) is 92.5 Å². The fraction of sp³-hybridized carbons (Fsp3) is 0.844. The predicted octanol–water partition coefficient (Wildman–Crippen LogP) is 12.3. The van der Waals surface area contributed by atoms with Gasteiger partial charge in [0, 0.05) is 81.8 Å². The van der Waals surface area contributed by atoms with Crippen LogP contribution in [0.5, 0.6) is 0 Å². The standard InChI is InChI=1S/C39H63NO7S.C27H45NO6S.C11H19NO2.ClH/c1-10-11-15-30(42)35(44)26(19-24-17-18-24)21-31(43)34-33-29(39(33,8)9)23-40(34)36(45)28(37(2,3)4)22-27(41)20-25-14-12-13-16-32(25)48(46,47)38(5,6)7;1-25(2,3)18(23(30)28-15-19-21(27(19,7)8)22(28)24(31)32)14-17(29)13-16-11-9-10-12-20(16)35(33,34)26(4,5)6;1-2-3-4-10(13)11(14)9(12)7-8-5-6-8;/h10,24-26,28-29,32-35,44H,1,11-23H2,2-9H3;16,18-22H,9-15H2,1-8H3,(H,31,32);2,8-9,11,14H,1,3-7,12H2;1H/t25-,26?,28-,29+,32-,33+,34-,35?;16-,18-,19+,20-,21+,22+;;/m11../s1. The number of nitrogens with two attached hydrogens (primary N) is 1. The number of hydrogen-bond donors (Lipinski definition) is 4. The molecule has 2 aliphatic heterocycles. The number of piperidine rings is 2. The Kier molecular flexibility index (Phi) is 28.6. The van der Waals surface area contributed by atoms with Crippen LogP contribution < -0.4 is 5.73 Å². The van der Waals surface area contributed by atoms with Crippen molar-refractivity contribution in [3.8, 4) is 0 Å². The first kappa shape index (κ1) is 85.0. The van der Waals surface area contributed by atoms with Crippen molar-refractivity contribution < 1.29 is 70.5 Å². The lowest BCUT2D eigenvalue weighted by molar-refractivity contribution is -0.154. The molecule has 16 atom stereocenters. The van der Waals surface area contributed by atoms with Gasteiger partial charge in [-0.15, -0.1) is 25.6 Å². The van der Waals surface area contributed by atoms with Crippen molar-refractivity contribution in [3.05, 3.63) is 25.3 Å². The fourth-order valence-corrected chi connectivity index (χ4v) is 21.2. The number of aliphatic carboxylic acids is 1. The number of fused-ring (bicyclic) bond motifs is 2. The number of Topliss-reactive ketones (excluding diaryl/α,β-unsaturated/α-hetero) is 5. The Bertz CT molecular complexity index is 3110. The number of carbonyl (C=O) groups is 8. The van der Waals surface area contributed by atoms with Gasteiger partial charge in [-0.05, 0) is 162 Å². The summed E-state index contributed by atoms with van der Waals surface area (Å²) in [4.78, 5) is 109. The van der Waals surface area contributed by atoms with Gasteiger partial charge in [0.2, 0.25) is 11.8 Å². The molecule has 18 nitrogen and oxygen atoms in total. The molecule has 6 aliphatic carbocycles. The van der Waals surface area contributed by atoms with Crippen LogP contribution in [0.1, 0.15) is 258 Å². The first-order valence-electron chi connectivity index (χ1n) is 36.8. The van der Waals surface area contributed by atoms with Crippen LogP contribution in [0.3, 0.4) is 0 Å². The Morgan fingerprint density at radius 2 is 0.898 bits per heavy atom. The molecule has 0 spiro atoms. The fourth-order valence-electron chi connectivity index (χ4n) is 17.0. The Morgan fingerprint density at radius 1 is 0.541 bits per heavy atom. The highest BCUT2D eigenvalue weighted by molar-refractivity contribution is 7.93. The van der Waals surface area contributed by atoms with Gasteiger partial charge in [-0.2, -0.15) is 0 Å². The third-order valence-corrected chi connectivity index (χ3v) is 30.3. The number of sulfone groups is 2. The number of carbonyl (C=O) groups excluding carboxylic acids is 7. The van der Waals surface area contributed by atoms with Crippen molar-refractivity contribution in [1.29, 1.82) is 0 Å². The second-order valence-corrected chi connectivity index (χ2v) is 42.1. The van der Waals surface area contributed by atoms with Crippen LogP contribution in [0.25, 0.3) is 0 Å². The van der Waals surface area contributed by atoms with E-state index in [-0.39, 0.29) is 144 Å². The predicted molar refractivity (Wildman–Crippen MR) is 387 cm³/mol. The number of likely N-dealkylation sites (tertiary alicyclic amines) is 2. The lowest BCUT2D eigenvalue weighted by Crippen LogP contribution is -2.51. The zero-order valence-electron chi connectivity index (χ0n) is 62.6. The van der Waals surface area contributed by atoms with E-state index in [9.17, 15) is 70.5 Å². The van der Waals surface area contributed by atoms with Gasteiger partial charge < -0.3 is 30.9 Å². The number of nitrogens with zero attached hydrogens (tertiary/aromatic N) is 2. The maximum absolute atomic E-state index is 14.5. The largest absolute Gasteiger partial charge is 0.480 e. The summed E-state index contributed by atoms with van der Waals surface area (Å²) in [5.41, 5.74) is 4.47. The average Bonchev–Trinajstić information content (AvgIpc) is 1.53. The number of ketones is 5. The molecule has 4 unspecified atom stereocenters. The van der Waals surface area contributed by atoms with E-state index in [4.69, 9.17) is 5.73 Å². The summed E-state index contributed by atoms with van der Waals surface area (Å²) in [7, 11) is -6.85. The summed E-state index contributed by atoms with van der Waals surface area (Å²) in [5.74, 6) is -3.05. The van der Waals surface area contributed by atoms with Gasteiger partial charge in [-0.1, -0.05) is 133 Å². The first-order valence-corrected chi connectivity index (χ1v) is 39.9. The molecule has 560 valence electrons. The quantitative estimate of drug-likeness (QED) is 0.0486. The Morgan fingerprint density at radius 3 is 1.26 bits per heavy atom. The van der Waals surface area contributed by atoms with Crippen LogP contribution in [0, 0.1) is 86.8 Å². The number of aliphatic hydroxyl groups is 2. The van der Waals surface area contributed by atoms with E-state index in [1.807, 2.05) is 41.5 Å². The van der Waals surface area contributed by atoms with E-state index < -0.39 is 98.5 Å². The number of allylic oxidation sites excluding steroid dienone is 2. The van der Waals surface area contributed by atoms with Gasteiger partial charge >= 0.3 is 5.97 Å². The normalized spacial score (nSPS) is 28.4. The Balaban J connectivity index is 0.000000302. The third-order valence-electron chi connectivity index (χ3n) is 24.1. The maximum Gasteiger partial charge on any atom is 0.326 e. The molecule has 6 saturated carbocycles. The van der Waals surface area contributed by atoms with Crippen molar-refractivity contribution in [1.82, 2.24) is 9.80 Å². The number of hydrogen-bond acceptors (Lipinski definition) is 15. The van der Waals surface area contributed by atoms with Crippen LogP contribution in [-0.2, 0) is 58.0 Å². The zero-order valence-corrected chi connectivity index (χ0v) is 65.0. The zero-order chi connectivity index (χ0) is 73.3. The molecule has 98 heavy (non-hydrogen) atoms. The first-order chi connectivity index (χ1) is 44.6. The molecule has 0 aromatic carbocycles. The second kappa shape index (κ2) is 33.0. The molecular formula is C77H128ClN3O15S2. The summed E-state index contributed by atoms with van der Waals surface area (Å²) in [6, 6.07) is -1.86. The lowest BCUT2D eigenvalue weighted by Gasteiger charge is -2.38. The molecule has 2 heterocycles. The number of amides is 2. The van der Waals surface area contributed by atoms with Crippen molar-refractivity contribution in [2.75, 3.05) is 13.1 Å². The second-order valence-electron chi connectivity index (χ2n) is 36.3. The minimum atomic E-state index is -3.45. The smallest absolute Gasteiger partial charge is 0.326 e. The van der Waals surface area contributed by atoms with Crippen LogP contribution in [0.2, 0.25) is 0 Å². The van der Waals surface area contributed by atoms with E-state index in [2.05, 4.69) is 40.9 Å². The molecule has 21 heteroatoms. The van der Waals surface area contributed by atoms with Crippen LogP contribution in [-0.4, -0.2) is 152 Å². The van der Waals surface area contributed by atoms with Crippen molar-refractivity contribution in [3.63, 3.8) is 0 Å². The molecule has 5 N–H and O–H groups in total. The average molecular weight is 1440 g/mol. The van der Waals surface area contributed by atoms with Gasteiger partial charge in [0.05, 0.1) is 26.0 Å². The minimum Gasteiger partial charge on any atom is -0.480 e. The summed E-state index contributed by atoms with van der Waals surface area (Å²) < 4.78 is 51.6. The maximum atomic E-state index is 14.5. The van der Waals surface area contributed by atoms with E-state index in [1.54, 1.807) is 58.6 Å². The Hall–Kier alpha value is -3.69. The van der Waals surface area contributed by atoms with Crippen molar-refractivity contribution in [2.45, 2.75) is 309 Å². The summed E-state index contributed by atoms with van der Waals surface area (Å²) in [6.45, 7) is 38.3. The van der Waals surface area contributed by atoms with Gasteiger partial charge in [0.25, 0.3) is 0 Å². The number of aliphatic hydroxyl groups excluding tert-OH is 2. The highest BCUT2D eigenvalue weighted by Crippen LogP contribution is 2.66. The van der Waals surface area contributed by atoms with Crippen molar-refractivity contribution >= 4 is 78.8 Å².